The smallest absolute Gasteiger partial charge is 0.169 e. The third-order valence-corrected chi connectivity index (χ3v) is 1.47. The van der Waals surface area contributed by atoms with Crippen molar-refractivity contribution in [2.45, 2.75) is 26.7 Å². The standard InChI is InChI=1S/C4H10.2C3H5NO/c1-3-4-2;2*1-2-5-3-4-1/h3-4H2,1-2H3;2*3H,1-2H2. The second-order valence-corrected chi connectivity index (χ2v) is 2.76. The van der Waals surface area contributed by atoms with Crippen LogP contribution in [0, 0.1) is 0 Å². The molecule has 0 atom stereocenters. The van der Waals surface area contributed by atoms with Crippen molar-refractivity contribution < 1.29 is 9.47 Å². The van der Waals surface area contributed by atoms with Gasteiger partial charge < -0.3 is 9.47 Å². The van der Waals surface area contributed by atoms with Crippen LogP contribution in [0.5, 0.6) is 0 Å². The molecule has 0 N–H and O–H groups in total. The van der Waals surface area contributed by atoms with Crippen LogP contribution in [0.25, 0.3) is 0 Å². The predicted molar refractivity (Wildman–Crippen MR) is 59.2 cm³/mol. The topological polar surface area (TPSA) is 43.2 Å². The first-order valence-electron chi connectivity index (χ1n) is 5.11. The molecule has 2 rings (SSSR count). The lowest BCUT2D eigenvalue weighted by Crippen LogP contribution is -1.80. The van der Waals surface area contributed by atoms with Crippen LogP contribution in [0.3, 0.4) is 0 Å². The van der Waals surface area contributed by atoms with Crippen molar-refractivity contribution in [2.24, 2.45) is 9.98 Å². The summed E-state index contributed by atoms with van der Waals surface area (Å²) in [7, 11) is 0. The van der Waals surface area contributed by atoms with Crippen molar-refractivity contribution >= 4 is 12.8 Å². The van der Waals surface area contributed by atoms with Crippen LogP contribution in [0.2, 0.25) is 0 Å². The minimum absolute atomic E-state index is 0.778. The Balaban J connectivity index is 0.000000183. The van der Waals surface area contributed by atoms with Crippen LogP contribution in [0.1, 0.15) is 26.7 Å². The number of aliphatic imine (C=N–C) groups is 2. The Labute approximate surface area is 86.0 Å². The molecule has 0 bridgehead atoms. The third kappa shape index (κ3) is 10.9. The fourth-order valence-corrected chi connectivity index (χ4v) is 0.527. The average molecular weight is 200 g/mol. The lowest BCUT2D eigenvalue weighted by atomic mass is 10.4. The summed E-state index contributed by atoms with van der Waals surface area (Å²) < 4.78 is 9.31. The molecule has 0 radical (unpaired) electrons. The first-order valence-corrected chi connectivity index (χ1v) is 5.11. The van der Waals surface area contributed by atoms with Crippen molar-refractivity contribution in [1.82, 2.24) is 0 Å². The van der Waals surface area contributed by atoms with Crippen molar-refractivity contribution in [2.75, 3.05) is 26.3 Å². The summed E-state index contributed by atoms with van der Waals surface area (Å²) in [6.07, 6.45) is 5.61. The second-order valence-electron chi connectivity index (χ2n) is 2.76. The summed E-state index contributed by atoms with van der Waals surface area (Å²) in [6, 6.07) is 0. The van der Waals surface area contributed by atoms with Gasteiger partial charge in [0.2, 0.25) is 0 Å². The molecule has 0 fully saturated rings. The van der Waals surface area contributed by atoms with Crippen LogP contribution < -0.4 is 0 Å². The van der Waals surface area contributed by atoms with Gasteiger partial charge in [-0.1, -0.05) is 26.7 Å². The summed E-state index contributed by atoms with van der Waals surface area (Å²) in [4.78, 5) is 7.47. The third-order valence-electron chi connectivity index (χ3n) is 1.47. The van der Waals surface area contributed by atoms with Crippen molar-refractivity contribution in [3.63, 3.8) is 0 Å². The Hall–Kier alpha value is -1.06. The number of hydrogen-bond acceptors (Lipinski definition) is 4. The van der Waals surface area contributed by atoms with E-state index < -0.39 is 0 Å². The summed E-state index contributed by atoms with van der Waals surface area (Å²) in [5.41, 5.74) is 0. The van der Waals surface area contributed by atoms with Gasteiger partial charge in [-0.25, -0.2) is 0 Å². The molecule has 0 saturated carbocycles. The maximum absolute atomic E-state index is 4.65. The van der Waals surface area contributed by atoms with Gasteiger partial charge in [0.1, 0.15) is 13.2 Å². The number of hydrogen-bond donors (Lipinski definition) is 0. The van der Waals surface area contributed by atoms with E-state index in [1.807, 2.05) is 0 Å². The number of nitrogens with zero attached hydrogens (tertiary/aromatic N) is 2. The van der Waals surface area contributed by atoms with Gasteiger partial charge in [-0.3, -0.25) is 9.98 Å². The van der Waals surface area contributed by atoms with Gasteiger partial charge in [0.25, 0.3) is 0 Å². The molecule has 4 nitrogen and oxygen atoms in total. The van der Waals surface area contributed by atoms with Gasteiger partial charge in [-0.05, 0) is 0 Å². The molecule has 4 heteroatoms. The quantitative estimate of drug-likeness (QED) is 0.648. The largest absolute Gasteiger partial charge is 0.482 e. The maximum atomic E-state index is 4.65. The highest BCUT2D eigenvalue weighted by atomic mass is 16.5. The Bertz CT molecular complexity index is 128. The lowest BCUT2D eigenvalue weighted by Gasteiger charge is -1.76. The summed E-state index contributed by atoms with van der Waals surface area (Å²) in [5, 5.41) is 0. The minimum atomic E-state index is 0.778. The molecule has 0 saturated heterocycles. The van der Waals surface area contributed by atoms with E-state index >= 15 is 0 Å². The van der Waals surface area contributed by atoms with Crippen LogP contribution >= 0.6 is 0 Å². The van der Waals surface area contributed by atoms with E-state index in [1.54, 1.807) is 0 Å². The Kier molecular flexibility index (Phi) is 11.0. The Morgan fingerprint density at radius 1 is 0.929 bits per heavy atom. The molecule has 0 aromatic rings. The summed E-state index contributed by atoms with van der Waals surface area (Å²) >= 11 is 0. The fourth-order valence-electron chi connectivity index (χ4n) is 0.527. The van der Waals surface area contributed by atoms with E-state index in [2.05, 4.69) is 33.3 Å². The van der Waals surface area contributed by atoms with E-state index in [0.717, 1.165) is 26.3 Å². The van der Waals surface area contributed by atoms with Crippen molar-refractivity contribution in [3.8, 4) is 0 Å². The molecule has 0 unspecified atom stereocenters. The van der Waals surface area contributed by atoms with Gasteiger partial charge in [-0.2, -0.15) is 0 Å². The monoisotopic (exact) mass is 200 g/mol. The number of rotatable bonds is 1. The van der Waals surface area contributed by atoms with Crippen molar-refractivity contribution in [3.05, 3.63) is 0 Å². The van der Waals surface area contributed by atoms with Gasteiger partial charge in [0, 0.05) is 0 Å². The molecule has 0 spiro atoms. The molecular formula is C10H20N2O2. The SMILES string of the molecule is C1=NCCO1.C1=NCCO1.CCCC. The van der Waals surface area contributed by atoms with Crippen LogP contribution in [-0.4, -0.2) is 39.1 Å². The van der Waals surface area contributed by atoms with E-state index in [9.17, 15) is 0 Å². The van der Waals surface area contributed by atoms with E-state index in [4.69, 9.17) is 0 Å². The summed E-state index contributed by atoms with van der Waals surface area (Å²) in [6.45, 7) is 7.61. The number of ether oxygens (including phenoxy) is 2. The highest BCUT2D eigenvalue weighted by molar-refractivity contribution is 5.48. The zero-order valence-electron chi connectivity index (χ0n) is 9.11. The first kappa shape index (κ1) is 12.9. The fraction of sp³-hybridized carbons (Fsp3) is 0.800. The van der Waals surface area contributed by atoms with Gasteiger partial charge >= 0.3 is 0 Å². The van der Waals surface area contributed by atoms with E-state index in [0.29, 0.717) is 0 Å². The van der Waals surface area contributed by atoms with Gasteiger partial charge in [0.05, 0.1) is 13.1 Å². The lowest BCUT2D eigenvalue weighted by molar-refractivity contribution is 0.361. The van der Waals surface area contributed by atoms with E-state index in [1.165, 1.54) is 25.6 Å². The molecule has 2 aliphatic heterocycles. The average Bonchev–Trinajstić information content (AvgIpc) is 2.94. The van der Waals surface area contributed by atoms with Crippen LogP contribution in [0.4, 0.5) is 0 Å². The molecule has 0 aliphatic carbocycles. The molecule has 0 aromatic heterocycles. The molecule has 0 aromatic carbocycles. The van der Waals surface area contributed by atoms with Crippen LogP contribution in [-0.2, 0) is 9.47 Å². The Morgan fingerprint density at radius 2 is 1.36 bits per heavy atom. The van der Waals surface area contributed by atoms with Gasteiger partial charge in [0.15, 0.2) is 12.8 Å². The molecule has 2 aliphatic rings. The highest BCUT2D eigenvalue weighted by Gasteiger charge is 1.85. The molecule has 14 heavy (non-hydrogen) atoms. The zero-order valence-corrected chi connectivity index (χ0v) is 9.11. The molecule has 82 valence electrons. The minimum Gasteiger partial charge on any atom is -0.482 e. The molecular weight excluding hydrogens is 180 g/mol. The maximum Gasteiger partial charge on any atom is 0.169 e. The Morgan fingerprint density at radius 3 is 1.43 bits per heavy atom. The van der Waals surface area contributed by atoms with E-state index in [-0.39, 0.29) is 0 Å². The zero-order chi connectivity index (χ0) is 10.5. The first-order chi connectivity index (χ1) is 6.91. The summed E-state index contributed by atoms with van der Waals surface area (Å²) in [5.74, 6) is 0. The van der Waals surface area contributed by atoms with Crippen molar-refractivity contribution in [1.29, 1.82) is 0 Å². The predicted octanol–water partition coefficient (Wildman–Crippen LogP) is 1.90. The normalized spacial score (nSPS) is 15.9. The number of unbranched alkanes of at least 4 members (excludes halogenated alkanes) is 1. The highest BCUT2D eigenvalue weighted by Crippen LogP contribution is 1.79. The molecule has 0 amide bonds. The second kappa shape index (κ2) is 11.9. The van der Waals surface area contributed by atoms with Crippen LogP contribution in [0.15, 0.2) is 9.98 Å². The molecule has 2 heterocycles. The van der Waals surface area contributed by atoms with Gasteiger partial charge in [-0.15, -0.1) is 0 Å².